The Morgan fingerprint density at radius 3 is 2.72 bits per heavy atom. The van der Waals surface area contributed by atoms with Crippen LogP contribution in [-0.4, -0.2) is 62.6 Å². The Hall–Kier alpha value is -3.09. The van der Waals surface area contributed by atoms with Crippen molar-refractivity contribution in [2.75, 3.05) is 40.8 Å². The first-order chi connectivity index (χ1) is 14.0. The van der Waals surface area contributed by atoms with Crippen LogP contribution in [0.1, 0.15) is 16.8 Å². The third kappa shape index (κ3) is 7.44. The molecule has 1 aromatic heterocycles. The van der Waals surface area contributed by atoms with Crippen molar-refractivity contribution in [3.05, 3.63) is 59.4 Å². The standard InChI is InChI=1S/C22H31N5O2/c1-17-8-9-20(29-4)18(15-17)10-13-25-22(23-2)26-16-21(28)27(3)14-11-19-7-5-6-12-24-19/h5-9,12,15H,10-11,13-14,16H2,1-4H3,(H2,23,25,26). The number of hydrogen-bond acceptors (Lipinski definition) is 4. The number of nitrogens with zero attached hydrogens (tertiary/aromatic N) is 3. The summed E-state index contributed by atoms with van der Waals surface area (Å²) in [6.07, 6.45) is 3.29. The molecule has 156 valence electrons. The zero-order chi connectivity index (χ0) is 21.1. The molecule has 0 spiro atoms. The summed E-state index contributed by atoms with van der Waals surface area (Å²) in [6, 6.07) is 11.9. The van der Waals surface area contributed by atoms with Crippen LogP contribution in [0.4, 0.5) is 0 Å². The Balaban J connectivity index is 1.74. The van der Waals surface area contributed by atoms with Gasteiger partial charge < -0.3 is 20.3 Å². The lowest BCUT2D eigenvalue weighted by Crippen LogP contribution is -2.44. The number of pyridine rings is 1. The van der Waals surface area contributed by atoms with Gasteiger partial charge in [-0.25, -0.2) is 0 Å². The van der Waals surface area contributed by atoms with Crippen molar-refractivity contribution in [3.8, 4) is 5.75 Å². The number of hydrogen-bond donors (Lipinski definition) is 2. The molecule has 0 bridgehead atoms. The SMILES string of the molecule is CN=C(NCCc1cc(C)ccc1OC)NCC(=O)N(C)CCc1ccccn1. The molecule has 1 aromatic carbocycles. The first-order valence-electron chi connectivity index (χ1n) is 9.75. The van der Waals surface area contributed by atoms with Crippen LogP contribution in [0, 0.1) is 6.92 Å². The highest BCUT2D eigenvalue weighted by Crippen LogP contribution is 2.19. The molecule has 0 unspecified atom stereocenters. The van der Waals surface area contributed by atoms with E-state index < -0.39 is 0 Å². The molecule has 1 amide bonds. The molecule has 0 atom stereocenters. The third-order valence-electron chi connectivity index (χ3n) is 4.61. The Labute approximate surface area is 173 Å². The van der Waals surface area contributed by atoms with Crippen LogP contribution in [0.2, 0.25) is 0 Å². The average molecular weight is 398 g/mol. The van der Waals surface area contributed by atoms with Crippen LogP contribution in [0.5, 0.6) is 5.75 Å². The topological polar surface area (TPSA) is 78.9 Å². The van der Waals surface area contributed by atoms with E-state index >= 15 is 0 Å². The van der Waals surface area contributed by atoms with Crippen molar-refractivity contribution in [2.24, 2.45) is 4.99 Å². The molecule has 2 rings (SSSR count). The maximum atomic E-state index is 12.3. The highest BCUT2D eigenvalue weighted by Gasteiger charge is 2.10. The molecule has 7 heteroatoms. The predicted octanol–water partition coefficient (Wildman–Crippen LogP) is 1.81. The van der Waals surface area contributed by atoms with E-state index in [9.17, 15) is 4.79 Å². The largest absolute Gasteiger partial charge is 0.496 e. The molecule has 0 aliphatic carbocycles. The summed E-state index contributed by atoms with van der Waals surface area (Å²) in [4.78, 5) is 22.5. The van der Waals surface area contributed by atoms with Gasteiger partial charge in [-0.1, -0.05) is 23.8 Å². The number of aliphatic imine (C=N–C) groups is 1. The first kappa shape index (κ1) is 22.2. The molecule has 2 aromatic rings. The van der Waals surface area contributed by atoms with Gasteiger partial charge in [-0.05, 0) is 37.1 Å². The molecular weight excluding hydrogens is 366 g/mol. The van der Waals surface area contributed by atoms with Gasteiger partial charge in [0.05, 0.1) is 13.7 Å². The van der Waals surface area contributed by atoms with Gasteiger partial charge in [0.25, 0.3) is 0 Å². The molecule has 29 heavy (non-hydrogen) atoms. The molecule has 1 heterocycles. The Kier molecular flexibility index (Phi) is 8.95. The highest BCUT2D eigenvalue weighted by molar-refractivity contribution is 5.86. The maximum absolute atomic E-state index is 12.3. The second-order valence-corrected chi connectivity index (χ2v) is 6.80. The number of carbonyl (C=O) groups excluding carboxylic acids is 1. The minimum Gasteiger partial charge on any atom is -0.496 e. The van der Waals surface area contributed by atoms with Crippen molar-refractivity contribution in [2.45, 2.75) is 19.8 Å². The number of aryl methyl sites for hydroxylation is 1. The Morgan fingerprint density at radius 1 is 1.21 bits per heavy atom. The third-order valence-corrected chi connectivity index (χ3v) is 4.61. The van der Waals surface area contributed by atoms with Gasteiger partial charge in [0.15, 0.2) is 5.96 Å². The summed E-state index contributed by atoms with van der Waals surface area (Å²) in [7, 11) is 5.17. The van der Waals surface area contributed by atoms with Gasteiger partial charge in [0.2, 0.25) is 5.91 Å². The molecule has 7 nitrogen and oxygen atoms in total. The van der Waals surface area contributed by atoms with E-state index in [-0.39, 0.29) is 12.5 Å². The number of guanidine groups is 1. The summed E-state index contributed by atoms with van der Waals surface area (Å²) < 4.78 is 5.42. The van der Waals surface area contributed by atoms with Crippen molar-refractivity contribution in [1.29, 1.82) is 0 Å². The number of carbonyl (C=O) groups is 1. The van der Waals surface area contributed by atoms with Crippen LogP contribution in [0.15, 0.2) is 47.6 Å². The van der Waals surface area contributed by atoms with E-state index in [1.807, 2.05) is 30.3 Å². The van der Waals surface area contributed by atoms with Gasteiger partial charge in [0.1, 0.15) is 5.75 Å². The molecule has 0 aliphatic heterocycles. The van der Waals surface area contributed by atoms with Gasteiger partial charge in [-0.3, -0.25) is 14.8 Å². The van der Waals surface area contributed by atoms with Gasteiger partial charge in [-0.15, -0.1) is 0 Å². The number of rotatable bonds is 9. The predicted molar refractivity (Wildman–Crippen MR) is 116 cm³/mol. The van der Waals surface area contributed by atoms with Crippen molar-refractivity contribution in [3.63, 3.8) is 0 Å². The highest BCUT2D eigenvalue weighted by atomic mass is 16.5. The van der Waals surface area contributed by atoms with E-state index in [0.29, 0.717) is 19.0 Å². The lowest BCUT2D eigenvalue weighted by atomic mass is 10.1. The van der Waals surface area contributed by atoms with E-state index in [1.165, 1.54) is 5.56 Å². The number of likely N-dealkylation sites (N-methyl/N-ethyl adjacent to an activating group) is 1. The lowest BCUT2D eigenvalue weighted by Gasteiger charge is -2.18. The summed E-state index contributed by atoms with van der Waals surface area (Å²) >= 11 is 0. The van der Waals surface area contributed by atoms with Crippen LogP contribution in [0.25, 0.3) is 0 Å². The minimum absolute atomic E-state index is 0.00392. The number of methoxy groups -OCH3 is 1. The smallest absolute Gasteiger partial charge is 0.241 e. The number of amides is 1. The fourth-order valence-electron chi connectivity index (χ4n) is 2.89. The fourth-order valence-corrected chi connectivity index (χ4v) is 2.89. The molecule has 0 saturated carbocycles. The quantitative estimate of drug-likeness (QED) is 0.498. The van der Waals surface area contributed by atoms with Gasteiger partial charge >= 0.3 is 0 Å². The Morgan fingerprint density at radius 2 is 2.03 bits per heavy atom. The van der Waals surface area contributed by atoms with Gasteiger partial charge in [0, 0.05) is 45.5 Å². The van der Waals surface area contributed by atoms with Crippen molar-refractivity contribution in [1.82, 2.24) is 20.5 Å². The number of ether oxygens (including phenoxy) is 1. The zero-order valence-corrected chi connectivity index (χ0v) is 17.7. The summed E-state index contributed by atoms with van der Waals surface area (Å²) in [5, 5.41) is 6.32. The monoisotopic (exact) mass is 397 g/mol. The number of aromatic nitrogens is 1. The molecule has 0 aliphatic rings. The van der Waals surface area contributed by atoms with Gasteiger partial charge in [-0.2, -0.15) is 0 Å². The molecular formula is C22H31N5O2. The molecule has 2 N–H and O–H groups in total. The van der Waals surface area contributed by atoms with Crippen LogP contribution in [0.3, 0.4) is 0 Å². The van der Waals surface area contributed by atoms with Crippen LogP contribution in [-0.2, 0) is 17.6 Å². The second-order valence-electron chi connectivity index (χ2n) is 6.80. The Bertz CT molecular complexity index is 808. The van der Waals surface area contributed by atoms with Crippen LogP contribution < -0.4 is 15.4 Å². The maximum Gasteiger partial charge on any atom is 0.241 e. The summed E-state index contributed by atoms with van der Waals surface area (Å²) in [6.45, 7) is 3.55. The van der Waals surface area contributed by atoms with Crippen molar-refractivity contribution < 1.29 is 9.53 Å². The fraction of sp³-hybridized carbons (Fsp3) is 0.409. The van der Waals surface area contributed by atoms with E-state index in [1.54, 1.807) is 32.3 Å². The zero-order valence-electron chi connectivity index (χ0n) is 17.7. The van der Waals surface area contributed by atoms with Crippen LogP contribution >= 0.6 is 0 Å². The van der Waals surface area contributed by atoms with Crippen molar-refractivity contribution >= 4 is 11.9 Å². The van der Waals surface area contributed by atoms with E-state index in [4.69, 9.17) is 4.74 Å². The first-order valence-corrected chi connectivity index (χ1v) is 9.75. The second kappa shape index (κ2) is 11.7. The molecule has 0 saturated heterocycles. The van der Waals surface area contributed by atoms with E-state index in [2.05, 4.69) is 33.6 Å². The number of benzene rings is 1. The summed E-state index contributed by atoms with van der Waals surface area (Å²) in [5.74, 6) is 1.48. The summed E-state index contributed by atoms with van der Waals surface area (Å²) in [5.41, 5.74) is 3.31. The van der Waals surface area contributed by atoms with E-state index in [0.717, 1.165) is 29.8 Å². The lowest BCUT2D eigenvalue weighted by molar-refractivity contribution is -0.128. The average Bonchev–Trinajstić information content (AvgIpc) is 2.75. The normalized spacial score (nSPS) is 11.1. The molecule has 0 radical (unpaired) electrons. The number of nitrogens with one attached hydrogen (secondary N) is 2. The minimum atomic E-state index is 0.00392. The molecule has 0 fully saturated rings.